The van der Waals surface area contributed by atoms with Crippen molar-refractivity contribution in [2.75, 3.05) is 0 Å². The summed E-state index contributed by atoms with van der Waals surface area (Å²) in [6, 6.07) is 0. The molecule has 2 heteroatoms. The van der Waals surface area contributed by atoms with E-state index in [-0.39, 0.29) is 0 Å². The summed E-state index contributed by atoms with van der Waals surface area (Å²) >= 11 is 0. The fourth-order valence-corrected chi connectivity index (χ4v) is 6.45. The van der Waals surface area contributed by atoms with Crippen molar-refractivity contribution < 1.29 is 4.43 Å². The predicted octanol–water partition coefficient (Wildman–Crippen LogP) is 5.92. The van der Waals surface area contributed by atoms with Crippen LogP contribution in [0.25, 0.3) is 0 Å². The summed E-state index contributed by atoms with van der Waals surface area (Å²) < 4.78 is 6.92. The number of hydrogen-bond donors (Lipinski definition) is 0. The Morgan fingerprint density at radius 2 is 1.67 bits per heavy atom. The normalized spacial score (nSPS) is 35.3. The van der Waals surface area contributed by atoms with Gasteiger partial charge in [0.2, 0.25) is 0 Å². The third kappa shape index (κ3) is 2.28. The summed E-state index contributed by atoms with van der Waals surface area (Å²) in [6.45, 7) is 17.0. The molecule has 3 rings (SSSR count). The minimum atomic E-state index is -1.66. The van der Waals surface area contributed by atoms with E-state index in [1.807, 2.05) is 11.1 Å². The molecule has 3 aliphatic carbocycles. The summed E-state index contributed by atoms with van der Waals surface area (Å²) in [5, 5.41) is 0.319. The first-order valence-corrected chi connectivity index (χ1v) is 11.9. The molecule has 3 aliphatic rings. The molecule has 1 nitrogen and oxygen atoms in total. The Hall–Kier alpha value is -0.0831. The van der Waals surface area contributed by atoms with Gasteiger partial charge in [-0.15, -0.1) is 0 Å². The number of hydrogen-bond acceptors (Lipinski definition) is 1. The van der Waals surface area contributed by atoms with Crippen LogP contribution >= 0.6 is 0 Å². The van der Waals surface area contributed by atoms with Crippen LogP contribution in [0.5, 0.6) is 0 Å². The molecule has 0 unspecified atom stereocenters. The maximum absolute atomic E-state index is 6.92. The summed E-state index contributed by atoms with van der Waals surface area (Å²) in [5.41, 5.74) is 4.12. The maximum Gasteiger partial charge on any atom is 0.192 e. The Morgan fingerprint density at radius 1 is 1.05 bits per heavy atom. The zero-order valence-corrected chi connectivity index (χ0v) is 16.2. The second-order valence-electron chi connectivity index (χ2n) is 9.75. The largest absolute Gasteiger partial charge is 0.413 e. The molecule has 0 aromatic carbocycles. The quantitative estimate of drug-likeness (QED) is 0.454. The van der Waals surface area contributed by atoms with E-state index in [9.17, 15) is 0 Å². The Kier molecular flexibility index (Phi) is 3.54. The molecule has 0 amide bonds. The Morgan fingerprint density at radius 3 is 2.29 bits per heavy atom. The smallest absolute Gasteiger partial charge is 0.192 e. The highest BCUT2D eigenvalue weighted by Gasteiger charge is 2.56. The predicted molar refractivity (Wildman–Crippen MR) is 92.9 cm³/mol. The topological polar surface area (TPSA) is 9.23 Å². The van der Waals surface area contributed by atoms with Crippen molar-refractivity contribution in [3.05, 3.63) is 11.1 Å². The molecular weight excluding hydrogens is 272 g/mol. The molecule has 0 aromatic heterocycles. The van der Waals surface area contributed by atoms with E-state index in [1.165, 1.54) is 32.1 Å². The van der Waals surface area contributed by atoms with Crippen LogP contribution in [0, 0.1) is 17.3 Å². The fraction of sp³-hybridized carbons (Fsp3) is 0.895. The summed E-state index contributed by atoms with van der Waals surface area (Å²) in [6.07, 6.45) is 7.28. The molecule has 21 heavy (non-hydrogen) atoms. The molecule has 120 valence electrons. The zero-order chi connectivity index (χ0) is 15.6. The number of rotatable bonds is 2. The fourth-order valence-electron chi connectivity index (χ4n) is 5.09. The molecule has 0 aromatic rings. The van der Waals surface area contributed by atoms with Crippen molar-refractivity contribution in [1.29, 1.82) is 0 Å². The van der Waals surface area contributed by atoms with E-state index in [2.05, 4.69) is 47.7 Å². The Bertz CT molecular complexity index is 466. The van der Waals surface area contributed by atoms with Crippen LogP contribution in [0.3, 0.4) is 0 Å². The summed E-state index contributed by atoms with van der Waals surface area (Å²) in [7, 11) is -1.66. The summed E-state index contributed by atoms with van der Waals surface area (Å²) in [4.78, 5) is 0. The minimum absolute atomic E-state index is 0.319. The molecule has 3 atom stereocenters. The van der Waals surface area contributed by atoms with Gasteiger partial charge in [0.15, 0.2) is 8.32 Å². The molecule has 0 N–H and O–H groups in total. The first-order chi connectivity index (χ1) is 9.56. The first-order valence-electron chi connectivity index (χ1n) is 8.95. The van der Waals surface area contributed by atoms with Gasteiger partial charge in [-0.1, -0.05) is 45.8 Å². The van der Waals surface area contributed by atoms with Gasteiger partial charge in [0, 0.05) is 5.92 Å². The third-order valence-electron chi connectivity index (χ3n) is 7.16. The highest BCUT2D eigenvalue weighted by molar-refractivity contribution is 6.74. The van der Waals surface area contributed by atoms with E-state index >= 15 is 0 Å². The van der Waals surface area contributed by atoms with Gasteiger partial charge in [-0.2, -0.15) is 0 Å². The molecule has 2 bridgehead atoms. The Labute approximate surface area is 132 Å². The van der Waals surface area contributed by atoms with Crippen molar-refractivity contribution in [3.63, 3.8) is 0 Å². The van der Waals surface area contributed by atoms with Gasteiger partial charge in [0.05, 0.1) is 6.10 Å². The van der Waals surface area contributed by atoms with E-state index in [0.29, 0.717) is 22.5 Å². The highest BCUT2D eigenvalue weighted by Crippen LogP contribution is 2.63. The minimum Gasteiger partial charge on any atom is -0.413 e. The zero-order valence-electron chi connectivity index (χ0n) is 15.2. The van der Waals surface area contributed by atoms with Gasteiger partial charge < -0.3 is 4.43 Å². The molecule has 1 saturated carbocycles. The summed E-state index contributed by atoms with van der Waals surface area (Å²) in [5.74, 6) is 1.57. The van der Waals surface area contributed by atoms with Crippen LogP contribution in [0.4, 0.5) is 0 Å². The number of fused-ring (bicyclic) bond motifs is 4. The Balaban J connectivity index is 1.88. The van der Waals surface area contributed by atoms with Crippen molar-refractivity contribution in [1.82, 2.24) is 0 Å². The molecule has 0 saturated heterocycles. The SMILES string of the molecule is CC1(C)[C@H]2CC[C@@H](O[Si](C)(C)C(C)(C)C)[C@@H]1C1=C2CCC1. The van der Waals surface area contributed by atoms with E-state index in [4.69, 9.17) is 4.43 Å². The van der Waals surface area contributed by atoms with E-state index in [0.717, 1.165) is 5.92 Å². The van der Waals surface area contributed by atoms with Crippen LogP contribution in [-0.2, 0) is 4.43 Å². The molecular formula is C19H34OSi. The van der Waals surface area contributed by atoms with Gasteiger partial charge in [0.25, 0.3) is 0 Å². The van der Waals surface area contributed by atoms with E-state index in [1.54, 1.807) is 0 Å². The average molecular weight is 307 g/mol. The highest BCUT2D eigenvalue weighted by atomic mass is 28.4. The van der Waals surface area contributed by atoms with Crippen molar-refractivity contribution in [2.45, 2.75) is 91.0 Å². The average Bonchev–Trinajstić information content (AvgIpc) is 2.77. The van der Waals surface area contributed by atoms with Gasteiger partial charge in [-0.05, 0) is 61.6 Å². The lowest BCUT2D eigenvalue weighted by Crippen LogP contribution is -2.50. The lowest BCUT2D eigenvalue weighted by molar-refractivity contribution is 0.00493. The molecule has 0 aliphatic heterocycles. The lowest BCUT2D eigenvalue weighted by atomic mass is 9.63. The molecule has 0 spiro atoms. The van der Waals surface area contributed by atoms with Crippen molar-refractivity contribution in [3.8, 4) is 0 Å². The van der Waals surface area contributed by atoms with Gasteiger partial charge in [-0.25, -0.2) is 0 Å². The van der Waals surface area contributed by atoms with E-state index < -0.39 is 8.32 Å². The standard InChI is InChI=1S/C19H34OSi/c1-18(2,3)21(6,7)20-16-12-11-15-13-9-8-10-14(13)17(16)19(15,4)5/h15-17H,8-12H2,1-7H3/t15-,16+,17-/m0/s1. The molecule has 0 heterocycles. The van der Waals surface area contributed by atoms with Gasteiger partial charge in [0.1, 0.15) is 0 Å². The second-order valence-corrected chi connectivity index (χ2v) is 14.5. The van der Waals surface area contributed by atoms with Crippen LogP contribution in [0.15, 0.2) is 11.1 Å². The maximum atomic E-state index is 6.92. The van der Waals surface area contributed by atoms with Crippen molar-refractivity contribution >= 4 is 8.32 Å². The monoisotopic (exact) mass is 306 g/mol. The second kappa shape index (κ2) is 4.71. The van der Waals surface area contributed by atoms with Crippen LogP contribution in [0.2, 0.25) is 18.1 Å². The van der Waals surface area contributed by atoms with Crippen molar-refractivity contribution in [2.24, 2.45) is 17.3 Å². The third-order valence-corrected chi connectivity index (χ3v) is 11.7. The van der Waals surface area contributed by atoms with Crippen LogP contribution in [0.1, 0.15) is 66.7 Å². The molecule has 0 radical (unpaired) electrons. The van der Waals surface area contributed by atoms with Crippen LogP contribution < -0.4 is 0 Å². The van der Waals surface area contributed by atoms with Gasteiger partial charge >= 0.3 is 0 Å². The number of allylic oxidation sites excluding steroid dienone is 1. The van der Waals surface area contributed by atoms with Gasteiger partial charge in [-0.3, -0.25) is 0 Å². The molecule has 1 fully saturated rings. The first kappa shape index (κ1) is 15.8. The van der Waals surface area contributed by atoms with Crippen LogP contribution in [-0.4, -0.2) is 14.4 Å². The lowest BCUT2D eigenvalue weighted by Gasteiger charge is -2.49.